The van der Waals surface area contributed by atoms with Gasteiger partial charge in [0.1, 0.15) is 21.2 Å². The van der Waals surface area contributed by atoms with Gasteiger partial charge in [-0.2, -0.15) is 0 Å². The molecule has 0 radical (unpaired) electrons. The van der Waals surface area contributed by atoms with Crippen molar-refractivity contribution in [2.75, 3.05) is 24.3 Å². The number of hydrogen-bond acceptors (Lipinski definition) is 5. The molecule has 0 amide bonds. The molecule has 0 unspecified atom stereocenters. The minimum Gasteiger partial charge on any atom is -0.493 e. The first-order valence-electron chi connectivity index (χ1n) is 5.23. The Morgan fingerprint density at radius 2 is 2.11 bits per heavy atom. The number of benzene rings is 1. The van der Waals surface area contributed by atoms with Crippen LogP contribution in [0.1, 0.15) is 16.8 Å². The van der Waals surface area contributed by atoms with Crippen molar-refractivity contribution in [3.63, 3.8) is 0 Å². The lowest BCUT2D eigenvalue weighted by molar-refractivity contribution is 0.0692. The fourth-order valence-corrected chi connectivity index (χ4v) is 1.99. The van der Waals surface area contributed by atoms with Crippen LogP contribution in [0.15, 0.2) is 18.2 Å². The molecule has 6 nitrogen and oxygen atoms in total. The molecule has 0 heterocycles. The highest BCUT2D eigenvalue weighted by molar-refractivity contribution is 7.90. The first-order valence-corrected chi connectivity index (χ1v) is 7.29. The van der Waals surface area contributed by atoms with Crippen molar-refractivity contribution in [3.05, 3.63) is 23.8 Å². The second-order valence-electron chi connectivity index (χ2n) is 3.89. The molecule has 1 rings (SSSR count). The van der Waals surface area contributed by atoms with E-state index in [0.29, 0.717) is 12.1 Å². The number of rotatable bonds is 6. The largest absolute Gasteiger partial charge is 0.493 e. The fraction of sp³-hybridized carbons (Fsp3) is 0.364. The van der Waals surface area contributed by atoms with E-state index in [1.165, 1.54) is 18.2 Å². The third-order valence-electron chi connectivity index (χ3n) is 2.15. The van der Waals surface area contributed by atoms with Gasteiger partial charge in [-0.25, -0.2) is 13.2 Å². The average molecular weight is 273 g/mol. The fourth-order valence-electron chi connectivity index (χ4n) is 1.34. The Balaban J connectivity index is 2.65. The van der Waals surface area contributed by atoms with Gasteiger partial charge in [0.25, 0.3) is 0 Å². The maximum Gasteiger partial charge on any atom is 0.339 e. The minimum absolute atomic E-state index is 0.00434. The van der Waals surface area contributed by atoms with Gasteiger partial charge in [-0.3, -0.25) is 0 Å². The number of sulfone groups is 1. The molecule has 0 atom stereocenters. The van der Waals surface area contributed by atoms with Gasteiger partial charge >= 0.3 is 5.97 Å². The lowest BCUT2D eigenvalue weighted by atomic mass is 10.2. The standard InChI is InChI=1S/C11H15NO5S/c1-18(15,16)6-2-5-17-10-4-3-8(12)7-9(10)11(13)14/h3-4,7H,2,5-6,12H2,1H3,(H,13,14). The van der Waals surface area contributed by atoms with Gasteiger partial charge in [-0.05, 0) is 24.6 Å². The van der Waals surface area contributed by atoms with Crippen LogP contribution in [-0.2, 0) is 9.84 Å². The smallest absolute Gasteiger partial charge is 0.339 e. The van der Waals surface area contributed by atoms with Gasteiger partial charge in [-0.15, -0.1) is 0 Å². The van der Waals surface area contributed by atoms with E-state index in [1.807, 2.05) is 0 Å². The number of aromatic carboxylic acids is 1. The number of nitrogens with two attached hydrogens (primary N) is 1. The van der Waals surface area contributed by atoms with E-state index in [4.69, 9.17) is 15.6 Å². The van der Waals surface area contributed by atoms with Crippen LogP contribution in [0.25, 0.3) is 0 Å². The molecule has 0 spiro atoms. The molecule has 7 heteroatoms. The van der Waals surface area contributed by atoms with Crippen LogP contribution >= 0.6 is 0 Å². The summed E-state index contributed by atoms with van der Waals surface area (Å²) in [5.41, 5.74) is 5.78. The van der Waals surface area contributed by atoms with Gasteiger partial charge in [-0.1, -0.05) is 0 Å². The van der Waals surface area contributed by atoms with Crippen molar-refractivity contribution >= 4 is 21.5 Å². The van der Waals surface area contributed by atoms with E-state index in [1.54, 1.807) is 0 Å². The monoisotopic (exact) mass is 273 g/mol. The third-order valence-corrected chi connectivity index (χ3v) is 3.18. The van der Waals surface area contributed by atoms with E-state index in [-0.39, 0.29) is 23.7 Å². The zero-order valence-corrected chi connectivity index (χ0v) is 10.7. The van der Waals surface area contributed by atoms with Gasteiger partial charge < -0.3 is 15.6 Å². The van der Waals surface area contributed by atoms with Crippen molar-refractivity contribution < 1.29 is 23.1 Å². The highest BCUT2D eigenvalue weighted by atomic mass is 32.2. The average Bonchev–Trinajstić information content (AvgIpc) is 2.24. The molecule has 1 aromatic rings. The van der Waals surface area contributed by atoms with Crippen LogP contribution in [0, 0.1) is 0 Å². The molecule has 0 aliphatic carbocycles. The summed E-state index contributed by atoms with van der Waals surface area (Å²) in [6.45, 7) is 0.136. The van der Waals surface area contributed by atoms with Crippen LogP contribution < -0.4 is 10.5 Å². The first-order chi connectivity index (χ1) is 8.29. The topological polar surface area (TPSA) is 107 Å². The van der Waals surface area contributed by atoms with E-state index in [9.17, 15) is 13.2 Å². The number of carbonyl (C=O) groups is 1. The summed E-state index contributed by atoms with van der Waals surface area (Å²) in [5.74, 6) is -0.949. The third kappa shape index (κ3) is 4.62. The molecule has 1 aromatic carbocycles. The van der Waals surface area contributed by atoms with Gasteiger partial charge in [0.15, 0.2) is 0 Å². The number of anilines is 1. The summed E-state index contributed by atoms with van der Waals surface area (Å²) in [4.78, 5) is 10.9. The number of carboxylic acid groups (broad SMARTS) is 1. The minimum atomic E-state index is -3.03. The van der Waals surface area contributed by atoms with E-state index in [0.717, 1.165) is 6.26 Å². The highest BCUT2D eigenvalue weighted by Crippen LogP contribution is 2.21. The molecule has 3 N–H and O–H groups in total. The molecule has 0 aromatic heterocycles. The lowest BCUT2D eigenvalue weighted by Gasteiger charge is -2.09. The summed E-state index contributed by atoms with van der Waals surface area (Å²) in [6, 6.07) is 4.28. The Bertz CT molecular complexity index is 538. The van der Waals surface area contributed by atoms with Crippen LogP contribution in [-0.4, -0.2) is 38.1 Å². The second kappa shape index (κ2) is 5.72. The number of hydrogen-bond donors (Lipinski definition) is 2. The number of carboxylic acids is 1. The SMILES string of the molecule is CS(=O)(=O)CCCOc1ccc(N)cc1C(=O)O. The zero-order chi connectivity index (χ0) is 13.8. The van der Waals surface area contributed by atoms with Crippen LogP contribution in [0.2, 0.25) is 0 Å². The molecule has 18 heavy (non-hydrogen) atoms. The van der Waals surface area contributed by atoms with E-state index < -0.39 is 15.8 Å². The Morgan fingerprint density at radius 3 is 2.67 bits per heavy atom. The summed E-state index contributed by atoms with van der Waals surface area (Å²) in [7, 11) is -3.03. The molecule has 0 aliphatic heterocycles. The normalized spacial score (nSPS) is 11.2. The summed E-state index contributed by atoms with van der Waals surface area (Å²) in [6.07, 6.45) is 1.45. The molecule has 0 saturated carbocycles. The zero-order valence-electron chi connectivity index (χ0n) is 9.92. The van der Waals surface area contributed by atoms with E-state index >= 15 is 0 Å². The van der Waals surface area contributed by atoms with Crippen LogP contribution in [0.5, 0.6) is 5.75 Å². The molecule has 0 bridgehead atoms. The maximum absolute atomic E-state index is 10.9. The van der Waals surface area contributed by atoms with Crippen molar-refractivity contribution in [3.8, 4) is 5.75 Å². The molecular weight excluding hydrogens is 258 g/mol. The lowest BCUT2D eigenvalue weighted by Crippen LogP contribution is -2.10. The molecular formula is C11H15NO5S. The summed E-state index contributed by atoms with van der Waals surface area (Å²) in [5, 5.41) is 8.94. The predicted octanol–water partition coefficient (Wildman–Crippen LogP) is 0.780. The van der Waals surface area contributed by atoms with Crippen LogP contribution in [0.3, 0.4) is 0 Å². The predicted molar refractivity (Wildman–Crippen MR) is 67.6 cm³/mol. The maximum atomic E-state index is 10.9. The Labute approximate surface area is 105 Å². The van der Waals surface area contributed by atoms with Crippen molar-refractivity contribution in [2.45, 2.75) is 6.42 Å². The van der Waals surface area contributed by atoms with E-state index in [2.05, 4.69) is 0 Å². The van der Waals surface area contributed by atoms with Crippen molar-refractivity contribution in [1.82, 2.24) is 0 Å². The Hall–Kier alpha value is -1.76. The quantitative estimate of drug-likeness (QED) is 0.586. The number of nitrogen functional groups attached to an aromatic ring is 1. The van der Waals surface area contributed by atoms with Gasteiger partial charge in [0.2, 0.25) is 0 Å². The summed E-state index contributed by atoms with van der Waals surface area (Å²) < 4.78 is 27.0. The van der Waals surface area contributed by atoms with Gasteiger partial charge in [0.05, 0.1) is 12.4 Å². The molecule has 0 aliphatic rings. The van der Waals surface area contributed by atoms with Crippen LogP contribution in [0.4, 0.5) is 5.69 Å². The first kappa shape index (κ1) is 14.3. The molecule has 100 valence electrons. The Morgan fingerprint density at radius 1 is 1.44 bits per heavy atom. The molecule has 0 fully saturated rings. The van der Waals surface area contributed by atoms with Gasteiger partial charge in [0, 0.05) is 11.9 Å². The van der Waals surface area contributed by atoms with Crippen molar-refractivity contribution in [2.24, 2.45) is 0 Å². The second-order valence-corrected chi connectivity index (χ2v) is 6.15. The summed E-state index contributed by atoms with van der Waals surface area (Å²) >= 11 is 0. The number of ether oxygens (including phenoxy) is 1. The highest BCUT2D eigenvalue weighted by Gasteiger charge is 2.12. The molecule has 0 saturated heterocycles. The van der Waals surface area contributed by atoms with Crippen molar-refractivity contribution in [1.29, 1.82) is 0 Å². The Kier molecular flexibility index (Phi) is 4.55.